The van der Waals surface area contributed by atoms with E-state index in [0.717, 1.165) is 29.8 Å². The summed E-state index contributed by atoms with van der Waals surface area (Å²) in [7, 11) is 0. The lowest BCUT2D eigenvalue weighted by molar-refractivity contribution is -0.150. The quantitative estimate of drug-likeness (QED) is 0.567. The zero-order valence-electron chi connectivity index (χ0n) is 14.6. The van der Waals surface area contributed by atoms with Crippen LogP contribution in [-0.4, -0.2) is 61.0 Å². The molecule has 3 rings (SSSR count). The maximum Gasteiger partial charge on any atom is 0.329 e. The summed E-state index contributed by atoms with van der Waals surface area (Å²) < 4.78 is 16.0. The predicted molar refractivity (Wildman–Crippen MR) is 95.6 cm³/mol. The first-order valence-corrected chi connectivity index (χ1v) is 9.19. The van der Waals surface area contributed by atoms with Gasteiger partial charge in [0.1, 0.15) is 11.8 Å². The molecule has 2 fully saturated rings. The summed E-state index contributed by atoms with van der Waals surface area (Å²) in [6.45, 7) is 6.08. The summed E-state index contributed by atoms with van der Waals surface area (Å²) in [6, 6.07) is 2.60. The summed E-state index contributed by atoms with van der Waals surface area (Å²) in [5.41, 5.74) is 0. The summed E-state index contributed by atoms with van der Waals surface area (Å²) in [6.07, 6.45) is 1.52. The molecular formula is C17H20N2O6S. The van der Waals surface area contributed by atoms with Crippen LogP contribution >= 0.6 is 11.8 Å². The third-order valence-electron chi connectivity index (χ3n) is 4.05. The molecule has 3 heterocycles. The second-order valence-electron chi connectivity index (χ2n) is 5.76. The molecule has 0 aromatic carbocycles. The standard InChI is InChI=1S/C17H20N2O6S/c1-3-24-16(21)11(2)19-15(20)13(26-17(19)22)10-12-4-5-14(25-12)18-6-8-23-9-7-18/h4-5,10-11H,3,6-9H2,1-2H3/b13-10-/t11-/m1/s1. The van der Waals surface area contributed by atoms with Crippen LogP contribution in [-0.2, 0) is 19.1 Å². The number of morpholine rings is 1. The lowest BCUT2D eigenvalue weighted by atomic mass is 10.3. The zero-order chi connectivity index (χ0) is 18.7. The van der Waals surface area contributed by atoms with Gasteiger partial charge >= 0.3 is 5.97 Å². The van der Waals surface area contributed by atoms with Crippen LogP contribution in [0.3, 0.4) is 0 Å². The minimum Gasteiger partial charge on any atom is -0.464 e. The van der Waals surface area contributed by atoms with Crippen molar-refractivity contribution in [2.24, 2.45) is 0 Å². The molecule has 1 aromatic rings. The SMILES string of the molecule is CCOC(=O)[C@@H](C)N1C(=O)S/C(=C\c2ccc(N3CCOCC3)o2)C1=O. The number of anilines is 1. The fourth-order valence-corrected chi connectivity index (χ4v) is 3.57. The fourth-order valence-electron chi connectivity index (χ4n) is 2.68. The van der Waals surface area contributed by atoms with E-state index in [4.69, 9.17) is 13.9 Å². The second-order valence-corrected chi connectivity index (χ2v) is 6.75. The van der Waals surface area contributed by atoms with Gasteiger partial charge in [-0.1, -0.05) is 0 Å². The number of nitrogens with zero attached hydrogens (tertiary/aromatic N) is 2. The van der Waals surface area contributed by atoms with Crippen molar-refractivity contribution in [3.63, 3.8) is 0 Å². The van der Waals surface area contributed by atoms with Crippen LogP contribution in [0, 0.1) is 0 Å². The van der Waals surface area contributed by atoms with E-state index >= 15 is 0 Å². The zero-order valence-corrected chi connectivity index (χ0v) is 15.4. The normalized spacial score (nSPS) is 20.8. The van der Waals surface area contributed by atoms with Gasteiger partial charge in [-0.05, 0) is 31.7 Å². The smallest absolute Gasteiger partial charge is 0.329 e. The van der Waals surface area contributed by atoms with Gasteiger partial charge in [0.15, 0.2) is 5.88 Å². The van der Waals surface area contributed by atoms with E-state index in [9.17, 15) is 14.4 Å². The third kappa shape index (κ3) is 3.78. The van der Waals surface area contributed by atoms with Gasteiger partial charge in [0.05, 0.1) is 24.7 Å². The van der Waals surface area contributed by atoms with Crippen molar-refractivity contribution in [1.29, 1.82) is 0 Å². The summed E-state index contributed by atoms with van der Waals surface area (Å²) in [5.74, 6) is 0.0352. The number of furan rings is 1. The topological polar surface area (TPSA) is 89.3 Å². The number of rotatable bonds is 5. The molecule has 1 atom stereocenters. The molecule has 0 aliphatic carbocycles. The molecule has 1 aromatic heterocycles. The summed E-state index contributed by atoms with van der Waals surface area (Å²) >= 11 is 0.782. The van der Waals surface area contributed by atoms with Crippen LogP contribution < -0.4 is 4.90 Å². The highest BCUT2D eigenvalue weighted by atomic mass is 32.2. The molecule has 0 radical (unpaired) electrons. The van der Waals surface area contributed by atoms with Crippen LogP contribution in [0.5, 0.6) is 0 Å². The van der Waals surface area contributed by atoms with Gasteiger partial charge in [-0.25, -0.2) is 4.79 Å². The Balaban J connectivity index is 1.73. The summed E-state index contributed by atoms with van der Waals surface area (Å²) in [4.78, 5) is 39.7. The van der Waals surface area contributed by atoms with Gasteiger partial charge in [0.25, 0.3) is 11.1 Å². The first kappa shape index (κ1) is 18.5. The van der Waals surface area contributed by atoms with E-state index in [0.29, 0.717) is 24.9 Å². The lowest BCUT2D eigenvalue weighted by Crippen LogP contribution is -2.42. The van der Waals surface area contributed by atoms with Gasteiger partial charge < -0.3 is 18.8 Å². The Kier molecular flexibility index (Phi) is 5.67. The summed E-state index contributed by atoms with van der Waals surface area (Å²) in [5, 5.41) is -0.498. The Morgan fingerprint density at radius 1 is 1.35 bits per heavy atom. The van der Waals surface area contributed by atoms with E-state index in [1.54, 1.807) is 13.0 Å². The molecular weight excluding hydrogens is 360 g/mol. The molecule has 0 unspecified atom stereocenters. The number of hydrogen-bond donors (Lipinski definition) is 0. The first-order chi connectivity index (χ1) is 12.5. The Labute approximate surface area is 155 Å². The van der Waals surface area contributed by atoms with Crippen LogP contribution in [0.4, 0.5) is 10.7 Å². The largest absolute Gasteiger partial charge is 0.464 e. The predicted octanol–water partition coefficient (Wildman–Crippen LogP) is 2.10. The molecule has 9 heteroatoms. The minimum atomic E-state index is -0.964. The highest BCUT2D eigenvalue weighted by molar-refractivity contribution is 8.18. The molecule has 2 saturated heterocycles. The van der Waals surface area contributed by atoms with E-state index in [1.807, 2.05) is 6.07 Å². The molecule has 0 spiro atoms. The van der Waals surface area contributed by atoms with Crippen LogP contribution in [0.1, 0.15) is 19.6 Å². The van der Waals surface area contributed by atoms with Crippen molar-refractivity contribution in [2.75, 3.05) is 37.8 Å². The number of ether oxygens (including phenoxy) is 2. The molecule has 2 aliphatic heterocycles. The Morgan fingerprint density at radius 2 is 2.08 bits per heavy atom. The number of thioether (sulfide) groups is 1. The third-order valence-corrected chi connectivity index (χ3v) is 4.93. The number of amides is 2. The van der Waals surface area contributed by atoms with Crippen molar-refractivity contribution in [3.05, 3.63) is 22.8 Å². The number of carbonyl (C=O) groups excluding carboxylic acids is 3. The Hall–Kier alpha value is -2.26. The number of carbonyl (C=O) groups is 3. The van der Waals surface area contributed by atoms with E-state index in [2.05, 4.69) is 4.90 Å². The number of hydrogen-bond acceptors (Lipinski definition) is 8. The minimum absolute atomic E-state index is 0.186. The van der Waals surface area contributed by atoms with Gasteiger partial charge in [-0.15, -0.1) is 0 Å². The molecule has 0 saturated carbocycles. The molecule has 0 bridgehead atoms. The number of esters is 1. The molecule has 2 amide bonds. The van der Waals surface area contributed by atoms with Crippen molar-refractivity contribution >= 4 is 40.8 Å². The van der Waals surface area contributed by atoms with Crippen LogP contribution in [0.25, 0.3) is 6.08 Å². The van der Waals surface area contributed by atoms with Crippen LogP contribution in [0.15, 0.2) is 21.5 Å². The van der Waals surface area contributed by atoms with Crippen LogP contribution in [0.2, 0.25) is 0 Å². The monoisotopic (exact) mass is 380 g/mol. The van der Waals surface area contributed by atoms with Gasteiger partial charge in [0, 0.05) is 25.2 Å². The van der Waals surface area contributed by atoms with Crippen molar-refractivity contribution in [2.45, 2.75) is 19.9 Å². The maximum absolute atomic E-state index is 12.5. The molecule has 2 aliphatic rings. The van der Waals surface area contributed by atoms with E-state index in [1.165, 1.54) is 13.0 Å². The number of imide groups is 1. The van der Waals surface area contributed by atoms with Crippen molar-refractivity contribution in [3.8, 4) is 0 Å². The maximum atomic E-state index is 12.5. The molecule has 8 nitrogen and oxygen atoms in total. The van der Waals surface area contributed by atoms with Gasteiger partial charge in [-0.3, -0.25) is 14.5 Å². The Morgan fingerprint density at radius 3 is 2.77 bits per heavy atom. The van der Waals surface area contributed by atoms with Gasteiger partial charge in [0.2, 0.25) is 0 Å². The van der Waals surface area contributed by atoms with E-state index < -0.39 is 23.2 Å². The van der Waals surface area contributed by atoms with E-state index in [-0.39, 0.29) is 11.5 Å². The fraction of sp³-hybridized carbons (Fsp3) is 0.471. The van der Waals surface area contributed by atoms with Gasteiger partial charge in [-0.2, -0.15) is 0 Å². The molecule has 0 N–H and O–H groups in total. The highest BCUT2D eigenvalue weighted by Crippen LogP contribution is 2.34. The van der Waals surface area contributed by atoms with Crippen molar-refractivity contribution < 1.29 is 28.3 Å². The van der Waals surface area contributed by atoms with Crippen molar-refractivity contribution in [1.82, 2.24) is 4.90 Å². The molecule has 26 heavy (non-hydrogen) atoms. The average molecular weight is 380 g/mol. The molecule has 140 valence electrons. The highest BCUT2D eigenvalue weighted by Gasteiger charge is 2.41. The first-order valence-electron chi connectivity index (χ1n) is 8.37. The lowest BCUT2D eigenvalue weighted by Gasteiger charge is -2.26. The Bertz CT molecular complexity index is 737. The average Bonchev–Trinajstić information content (AvgIpc) is 3.20. The second kappa shape index (κ2) is 7.96.